The summed E-state index contributed by atoms with van der Waals surface area (Å²) in [5.74, 6) is 0.597. The van der Waals surface area contributed by atoms with E-state index < -0.39 is 0 Å². The fourth-order valence-corrected chi connectivity index (χ4v) is 3.05. The SMILES string of the molecule is CN(CCOc1cccc(Cl)c1)C(=O)c1ccn(C2CCCNC2)n1.Cl. The molecule has 2 heterocycles. The molecular formula is C18H24Cl2N4O2. The monoisotopic (exact) mass is 398 g/mol. The van der Waals surface area contributed by atoms with Crippen LogP contribution in [0.2, 0.25) is 5.02 Å². The number of piperidine rings is 1. The van der Waals surface area contributed by atoms with E-state index in [1.54, 1.807) is 30.1 Å². The molecule has 0 aliphatic carbocycles. The van der Waals surface area contributed by atoms with Gasteiger partial charge in [-0.25, -0.2) is 0 Å². The van der Waals surface area contributed by atoms with Crippen molar-refractivity contribution in [1.29, 1.82) is 0 Å². The van der Waals surface area contributed by atoms with Crippen LogP contribution < -0.4 is 10.1 Å². The summed E-state index contributed by atoms with van der Waals surface area (Å²) < 4.78 is 7.53. The zero-order valence-electron chi connectivity index (χ0n) is 14.7. The predicted octanol–water partition coefficient (Wildman–Crippen LogP) is 3.03. The summed E-state index contributed by atoms with van der Waals surface area (Å²) in [6.45, 7) is 2.83. The van der Waals surface area contributed by atoms with Crippen molar-refractivity contribution < 1.29 is 9.53 Å². The highest BCUT2D eigenvalue weighted by Crippen LogP contribution is 2.17. The van der Waals surface area contributed by atoms with Crippen molar-refractivity contribution in [2.24, 2.45) is 0 Å². The van der Waals surface area contributed by atoms with E-state index in [2.05, 4.69) is 10.4 Å². The standard InChI is InChI=1S/C18H23ClN4O2.ClH/c1-22(10-11-25-16-6-2-4-14(19)12-16)18(24)17-7-9-23(21-17)15-5-3-8-20-13-15;/h2,4,6-7,9,12,15,20H,3,5,8,10-11,13H2,1H3;1H. The van der Waals surface area contributed by atoms with Crippen LogP contribution in [0.25, 0.3) is 0 Å². The quantitative estimate of drug-likeness (QED) is 0.811. The van der Waals surface area contributed by atoms with Crippen LogP contribution in [-0.2, 0) is 0 Å². The number of rotatable bonds is 6. The van der Waals surface area contributed by atoms with Gasteiger partial charge in [-0.3, -0.25) is 9.48 Å². The van der Waals surface area contributed by atoms with E-state index in [4.69, 9.17) is 16.3 Å². The van der Waals surface area contributed by atoms with Crippen molar-refractivity contribution >= 4 is 29.9 Å². The zero-order chi connectivity index (χ0) is 17.6. The highest BCUT2D eigenvalue weighted by molar-refractivity contribution is 6.30. The van der Waals surface area contributed by atoms with Crippen LogP contribution in [0.5, 0.6) is 5.75 Å². The lowest BCUT2D eigenvalue weighted by Gasteiger charge is -2.23. The molecule has 142 valence electrons. The van der Waals surface area contributed by atoms with Crippen molar-refractivity contribution in [3.63, 3.8) is 0 Å². The summed E-state index contributed by atoms with van der Waals surface area (Å²) in [6, 6.07) is 9.33. The van der Waals surface area contributed by atoms with Gasteiger partial charge < -0.3 is 15.0 Å². The van der Waals surface area contributed by atoms with Crippen molar-refractivity contribution in [3.8, 4) is 5.75 Å². The van der Waals surface area contributed by atoms with Crippen molar-refractivity contribution in [3.05, 3.63) is 47.2 Å². The lowest BCUT2D eigenvalue weighted by atomic mass is 10.1. The summed E-state index contributed by atoms with van der Waals surface area (Å²) in [6.07, 6.45) is 4.11. The second-order valence-electron chi connectivity index (χ2n) is 6.21. The summed E-state index contributed by atoms with van der Waals surface area (Å²) in [7, 11) is 1.75. The van der Waals surface area contributed by atoms with Crippen molar-refractivity contribution in [2.75, 3.05) is 33.3 Å². The Morgan fingerprint density at radius 3 is 3.04 bits per heavy atom. The van der Waals surface area contributed by atoms with E-state index in [-0.39, 0.29) is 18.3 Å². The minimum atomic E-state index is -0.0998. The van der Waals surface area contributed by atoms with E-state index in [1.165, 1.54) is 0 Å². The van der Waals surface area contributed by atoms with Crippen LogP contribution in [0.3, 0.4) is 0 Å². The molecule has 6 nitrogen and oxygen atoms in total. The first-order valence-electron chi connectivity index (χ1n) is 8.53. The second kappa shape index (κ2) is 9.80. The first kappa shape index (κ1) is 20.6. The number of halogens is 2. The number of hydrogen-bond acceptors (Lipinski definition) is 4. The minimum Gasteiger partial charge on any atom is -0.492 e. The summed E-state index contributed by atoms with van der Waals surface area (Å²) >= 11 is 5.92. The van der Waals surface area contributed by atoms with Gasteiger partial charge in [-0.15, -0.1) is 12.4 Å². The third-order valence-corrected chi connectivity index (χ3v) is 4.55. The molecule has 2 aromatic rings. The number of benzene rings is 1. The van der Waals surface area contributed by atoms with E-state index in [0.717, 1.165) is 25.9 Å². The van der Waals surface area contributed by atoms with Crippen LogP contribution in [0, 0.1) is 0 Å². The van der Waals surface area contributed by atoms with E-state index in [9.17, 15) is 4.79 Å². The van der Waals surface area contributed by atoms with Gasteiger partial charge in [0, 0.05) is 24.8 Å². The summed E-state index contributed by atoms with van der Waals surface area (Å²) in [5, 5.41) is 8.45. The van der Waals surface area contributed by atoms with Crippen molar-refractivity contribution in [1.82, 2.24) is 20.0 Å². The van der Waals surface area contributed by atoms with Crippen LogP contribution in [0.1, 0.15) is 29.4 Å². The normalized spacial score (nSPS) is 16.6. The predicted molar refractivity (Wildman–Crippen MR) is 105 cm³/mol. The van der Waals surface area contributed by atoms with Crippen molar-refractivity contribution in [2.45, 2.75) is 18.9 Å². The maximum absolute atomic E-state index is 12.5. The van der Waals surface area contributed by atoms with E-state index >= 15 is 0 Å². The zero-order valence-corrected chi connectivity index (χ0v) is 16.3. The minimum absolute atomic E-state index is 0. The highest BCUT2D eigenvalue weighted by Gasteiger charge is 2.19. The third-order valence-electron chi connectivity index (χ3n) is 4.31. The smallest absolute Gasteiger partial charge is 0.274 e. The number of nitrogens with zero attached hydrogens (tertiary/aromatic N) is 3. The molecule has 26 heavy (non-hydrogen) atoms. The molecule has 1 fully saturated rings. The Kier molecular flexibility index (Phi) is 7.75. The Morgan fingerprint density at radius 1 is 1.46 bits per heavy atom. The second-order valence-corrected chi connectivity index (χ2v) is 6.65. The number of likely N-dealkylation sites (N-methyl/N-ethyl adjacent to an activating group) is 1. The molecule has 3 rings (SSSR count). The average molecular weight is 399 g/mol. The molecule has 1 aromatic heterocycles. The molecule has 0 bridgehead atoms. The van der Waals surface area contributed by atoms with Gasteiger partial charge in [0.1, 0.15) is 18.1 Å². The molecular weight excluding hydrogens is 375 g/mol. The fourth-order valence-electron chi connectivity index (χ4n) is 2.87. The molecule has 1 aliphatic rings. The molecule has 0 radical (unpaired) electrons. The van der Waals surface area contributed by atoms with Gasteiger partial charge in [-0.2, -0.15) is 5.10 Å². The molecule has 1 atom stereocenters. The number of carbonyl (C=O) groups excluding carboxylic acids is 1. The van der Waals surface area contributed by atoms with Crippen LogP contribution in [-0.4, -0.2) is 53.9 Å². The molecule has 1 unspecified atom stereocenters. The Hall–Kier alpha value is -1.76. The maximum Gasteiger partial charge on any atom is 0.274 e. The number of nitrogens with one attached hydrogen (secondary N) is 1. The Morgan fingerprint density at radius 2 is 2.31 bits per heavy atom. The fraction of sp³-hybridized carbons (Fsp3) is 0.444. The molecule has 8 heteroatoms. The number of carbonyl (C=O) groups is 1. The van der Waals surface area contributed by atoms with Gasteiger partial charge in [0.2, 0.25) is 0 Å². The number of hydrogen-bond donors (Lipinski definition) is 1. The number of aromatic nitrogens is 2. The maximum atomic E-state index is 12.5. The van der Waals surface area contributed by atoms with Gasteiger partial charge in [-0.05, 0) is 43.7 Å². The highest BCUT2D eigenvalue weighted by atomic mass is 35.5. The lowest BCUT2D eigenvalue weighted by molar-refractivity contribution is 0.0766. The first-order chi connectivity index (χ1) is 12.1. The van der Waals surface area contributed by atoms with Crippen LogP contribution >= 0.6 is 24.0 Å². The molecule has 1 N–H and O–H groups in total. The Balaban J connectivity index is 0.00000243. The summed E-state index contributed by atoms with van der Waals surface area (Å²) in [4.78, 5) is 14.1. The Labute approximate surface area is 164 Å². The van der Waals surface area contributed by atoms with Gasteiger partial charge in [-0.1, -0.05) is 17.7 Å². The summed E-state index contributed by atoms with van der Waals surface area (Å²) in [5.41, 5.74) is 0.468. The van der Waals surface area contributed by atoms with Gasteiger partial charge in [0.25, 0.3) is 5.91 Å². The van der Waals surface area contributed by atoms with Crippen LogP contribution in [0.15, 0.2) is 36.5 Å². The molecule has 1 aliphatic heterocycles. The number of ether oxygens (including phenoxy) is 1. The van der Waals surface area contributed by atoms with E-state index in [1.807, 2.05) is 23.0 Å². The van der Waals surface area contributed by atoms with Gasteiger partial charge in [0.15, 0.2) is 0 Å². The topological polar surface area (TPSA) is 59.4 Å². The molecule has 0 spiro atoms. The number of amides is 1. The molecule has 1 aromatic carbocycles. The van der Waals surface area contributed by atoms with E-state index in [0.29, 0.717) is 35.7 Å². The largest absolute Gasteiger partial charge is 0.492 e. The third kappa shape index (κ3) is 5.37. The average Bonchev–Trinajstić information content (AvgIpc) is 3.12. The Bertz CT molecular complexity index is 717. The first-order valence-corrected chi connectivity index (χ1v) is 8.91. The van der Waals surface area contributed by atoms with Crippen LogP contribution in [0.4, 0.5) is 0 Å². The molecule has 0 saturated carbocycles. The molecule has 1 saturated heterocycles. The van der Waals surface area contributed by atoms with Gasteiger partial charge >= 0.3 is 0 Å². The molecule has 1 amide bonds. The lowest BCUT2D eigenvalue weighted by Crippen LogP contribution is -2.33. The van der Waals surface area contributed by atoms with Gasteiger partial charge in [0.05, 0.1) is 12.6 Å².